The normalized spacial score (nSPS) is 11.0. The van der Waals surface area contributed by atoms with Crippen molar-refractivity contribution in [2.24, 2.45) is 7.05 Å². The molecule has 0 radical (unpaired) electrons. The lowest BCUT2D eigenvalue weighted by atomic mass is 10.1. The summed E-state index contributed by atoms with van der Waals surface area (Å²) in [6.07, 6.45) is 6.33. The first-order chi connectivity index (χ1) is 15.1. The van der Waals surface area contributed by atoms with Crippen LogP contribution in [-0.2, 0) is 19.9 Å². The van der Waals surface area contributed by atoms with Gasteiger partial charge in [0.25, 0.3) is 0 Å². The van der Waals surface area contributed by atoms with Crippen LogP contribution in [0.1, 0.15) is 36.9 Å². The number of aryl methyl sites for hydroxylation is 5. The zero-order chi connectivity index (χ0) is 22.0. The molecule has 158 valence electrons. The Morgan fingerprint density at radius 2 is 1.71 bits per heavy atom. The molecule has 31 heavy (non-hydrogen) atoms. The van der Waals surface area contributed by atoms with Gasteiger partial charge in [0.15, 0.2) is 6.39 Å². The minimum absolute atomic E-state index is 0.716. The number of imidazole rings is 1. The van der Waals surface area contributed by atoms with Gasteiger partial charge >= 0.3 is 0 Å². The van der Waals surface area contributed by atoms with E-state index in [9.17, 15) is 0 Å². The van der Waals surface area contributed by atoms with E-state index in [0.717, 1.165) is 62.7 Å². The second-order valence-corrected chi connectivity index (χ2v) is 7.15. The third-order valence-corrected chi connectivity index (χ3v) is 5.30. The summed E-state index contributed by atoms with van der Waals surface area (Å²) in [7, 11) is 2.05. The van der Waals surface area contributed by atoms with Gasteiger partial charge in [-0.05, 0) is 38.1 Å². The molecule has 0 saturated heterocycles. The molecule has 0 aliphatic rings. The zero-order valence-corrected chi connectivity index (χ0v) is 18.5. The zero-order valence-electron chi connectivity index (χ0n) is 18.5. The molecule has 4 heterocycles. The summed E-state index contributed by atoms with van der Waals surface area (Å²) < 4.78 is 7.25. The summed E-state index contributed by atoms with van der Waals surface area (Å²) in [5.74, 6) is 1.82. The molecular formula is C24H26N6O. The molecule has 0 unspecified atom stereocenters. The maximum atomic E-state index is 5.10. The van der Waals surface area contributed by atoms with Crippen molar-refractivity contribution in [2.75, 3.05) is 0 Å². The SMILES string of the molecule is CC.Cc1nc(CCc2nc3c4cccnc4ccc3n2C)nc(C)c1-c1cocn1. The van der Waals surface area contributed by atoms with Gasteiger partial charge in [0, 0.05) is 37.0 Å². The number of aromatic nitrogens is 6. The monoisotopic (exact) mass is 414 g/mol. The van der Waals surface area contributed by atoms with Crippen molar-refractivity contribution < 1.29 is 4.42 Å². The highest BCUT2D eigenvalue weighted by molar-refractivity contribution is 6.02. The Morgan fingerprint density at radius 3 is 2.42 bits per heavy atom. The second kappa shape index (κ2) is 8.63. The summed E-state index contributed by atoms with van der Waals surface area (Å²) in [6, 6.07) is 8.14. The van der Waals surface area contributed by atoms with Crippen LogP contribution in [0.25, 0.3) is 33.2 Å². The summed E-state index contributed by atoms with van der Waals surface area (Å²) in [4.78, 5) is 23.0. The van der Waals surface area contributed by atoms with Gasteiger partial charge in [-0.1, -0.05) is 13.8 Å². The lowest BCUT2D eigenvalue weighted by molar-refractivity contribution is 0.558. The number of nitrogens with zero attached hydrogens (tertiary/aromatic N) is 6. The predicted molar refractivity (Wildman–Crippen MR) is 122 cm³/mol. The molecule has 7 nitrogen and oxygen atoms in total. The minimum atomic E-state index is 0.716. The molecule has 0 amide bonds. The van der Waals surface area contributed by atoms with Gasteiger partial charge < -0.3 is 8.98 Å². The predicted octanol–water partition coefficient (Wildman–Crippen LogP) is 4.99. The van der Waals surface area contributed by atoms with Crippen LogP contribution in [0.3, 0.4) is 0 Å². The van der Waals surface area contributed by atoms with Gasteiger partial charge in [-0.2, -0.15) is 0 Å². The molecule has 7 heteroatoms. The number of hydrogen-bond donors (Lipinski definition) is 0. The van der Waals surface area contributed by atoms with Crippen LogP contribution in [0.5, 0.6) is 0 Å². The molecule has 0 bridgehead atoms. The number of hydrogen-bond acceptors (Lipinski definition) is 6. The van der Waals surface area contributed by atoms with Crippen molar-refractivity contribution in [3.63, 3.8) is 0 Å². The Kier molecular flexibility index (Phi) is 5.75. The molecule has 5 aromatic rings. The molecule has 0 fully saturated rings. The van der Waals surface area contributed by atoms with Crippen molar-refractivity contribution in [1.82, 2.24) is 29.5 Å². The van der Waals surface area contributed by atoms with Crippen LogP contribution >= 0.6 is 0 Å². The Morgan fingerprint density at radius 1 is 0.935 bits per heavy atom. The third-order valence-electron chi connectivity index (χ3n) is 5.30. The molecule has 4 aromatic heterocycles. The standard InChI is InChI=1S/C22H20N6O.C2H6/c1-13-21(17-11-29-12-24-17)14(2)26-19(25-13)8-9-20-27-22-15-5-4-10-23-16(15)6-7-18(22)28(20)3;1-2/h4-7,10-12H,8-9H2,1-3H3;1-2H3. The van der Waals surface area contributed by atoms with Gasteiger partial charge in [0.1, 0.15) is 23.6 Å². The average Bonchev–Trinajstić information content (AvgIpc) is 3.42. The van der Waals surface area contributed by atoms with Crippen molar-refractivity contribution >= 4 is 21.9 Å². The van der Waals surface area contributed by atoms with Gasteiger partial charge in [0.05, 0.1) is 27.9 Å². The number of benzene rings is 1. The highest BCUT2D eigenvalue weighted by Gasteiger charge is 2.15. The van der Waals surface area contributed by atoms with E-state index in [-0.39, 0.29) is 0 Å². The smallest absolute Gasteiger partial charge is 0.181 e. The molecule has 5 rings (SSSR count). The van der Waals surface area contributed by atoms with E-state index in [1.165, 1.54) is 6.39 Å². The van der Waals surface area contributed by atoms with E-state index in [1.807, 2.05) is 46.0 Å². The van der Waals surface area contributed by atoms with Crippen LogP contribution in [0.15, 0.2) is 47.5 Å². The first kappa shape index (κ1) is 20.7. The van der Waals surface area contributed by atoms with Crippen molar-refractivity contribution in [3.05, 3.63) is 66.2 Å². The van der Waals surface area contributed by atoms with Crippen LogP contribution in [-0.4, -0.2) is 29.5 Å². The van der Waals surface area contributed by atoms with Gasteiger partial charge in [-0.3, -0.25) is 4.98 Å². The second-order valence-electron chi connectivity index (χ2n) is 7.15. The fourth-order valence-electron chi connectivity index (χ4n) is 3.91. The van der Waals surface area contributed by atoms with Crippen molar-refractivity contribution in [3.8, 4) is 11.3 Å². The fourth-order valence-corrected chi connectivity index (χ4v) is 3.91. The summed E-state index contributed by atoms with van der Waals surface area (Å²) >= 11 is 0. The van der Waals surface area contributed by atoms with Crippen LogP contribution < -0.4 is 0 Å². The number of fused-ring (bicyclic) bond motifs is 3. The van der Waals surface area contributed by atoms with Gasteiger partial charge in [-0.25, -0.2) is 19.9 Å². The Labute approximate surface area is 181 Å². The largest absolute Gasteiger partial charge is 0.451 e. The Balaban J connectivity index is 0.00000112. The fraction of sp³-hybridized carbons (Fsp3) is 0.292. The van der Waals surface area contributed by atoms with Crippen molar-refractivity contribution in [2.45, 2.75) is 40.5 Å². The average molecular weight is 415 g/mol. The maximum Gasteiger partial charge on any atom is 0.181 e. The molecule has 1 aromatic carbocycles. The quantitative estimate of drug-likeness (QED) is 0.412. The minimum Gasteiger partial charge on any atom is -0.451 e. The third kappa shape index (κ3) is 3.79. The topological polar surface area (TPSA) is 82.5 Å². The van der Waals surface area contributed by atoms with E-state index < -0.39 is 0 Å². The number of pyridine rings is 1. The molecule has 0 saturated carbocycles. The highest BCUT2D eigenvalue weighted by atomic mass is 16.3. The molecule has 0 aliphatic heterocycles. The van der Waals surface area contributed by atoms with Gasteiger partial charge in [0.2, 0.25) is 0 Å². The molecule has 0 spiro atoms. The first-order valence-electron chi connectivity index (χ1n) is 10.5. The van der Waals surface area contributed by atoms with Crippen molar-refractivity contribution in [1.29, 1.82) is 0 Å². The Hall–Kier alpha value is -3.61. The van der Waals surface area contributed by atoms with E-state index in [1.54, 1.807) is 6.26 Å². The number of oxazole rings is 1. The lowest BCUT2D eigenvalue weighted by Gasteiger charge is -2.09. The highest BCUT2D eigenvalue weighted by Crippen LogP contribution is 2.25. The van der Waals surface area contributed by atoms with Crippen LogP contribution in [0.2, 0.25) is 0 Å². The number of rotatable bonds is 4. The van der Waals surface area contributed by atoms with E-state index in [4.69, 9.17) is 19.4 Å². The molecule has 0 N–H and O–H groups in total. The van der Waals surface area contributed by atoms with E-state index in [0.29, 0.717) is 6.42 Å². The summed E-state index contributed by atoms with van der Waals surface area (Å²) in [5, 5.41) is 1.08. The van der Waals surface area contributed by atoms with Gasteiger partial charge in [-0.15, -0.1) is 0 Å². The van der Waals surface area contributed by atoms with E-state index >= 15 is 0 Å². The van der Waals surface area contributed by atoms with Crippen LogP contribution in [0.4, 0.5) is 0 Å². The first-order valence-corrected chi connectivity index (χ1v) is 10.5. The molecule has 0 aliphatic carbocycles. The summed E-state index contributed by atoms with van der Waals surface area (Å²) in [6.45, 7) is 7.97. The maximum absolute atomic E-state index is 5.10. The molecular weight excluding hydrogens is 388 g/mol. The van der Waals surface area contributed by atoms with Crippen LogP contribution in [0, 0.1) is 13.8 Å². The molecule has 0 atom stereocenters. The Bertz CT molecular complexity index is 1310. The lowest BCUT2D eigenvalue weighted by Crippen LogP contribution is -2.06. The van der Waals surface area contributed by atoms with E-state index in [2.05, 4.69) is 33.7 Å². The summed E-state index contributed by atoms with van der Waals surface area (Å²) in [5.41, 5.74) is 6.57.